The first-order chi connectivity index (χ1) is 12.6. The minimum Gasteiger partial charge on any atom is -0.465 e. The van der Waals surface area contributed by atoms with E-state index in [0.29, 0.717) is 11.5 Å². The molecule has 4 heteroatoms. The van der Waals surface area contributed by atoms with Crippen molar-refractivity contribution in [1.82, 2.24) is 0 Å². The third-order valence-corrected chi connectivity index (χ3v) is 5.02. The van der Waals surface area contributed by atoms with Crippen LogP contribution >= 0.6 is 0 Å². The zero-order valence-corrected chi connectivity index (χ0v) is 17.6. The van der Waals surface area contributed by atoms with Crippen molar-refractivity contribution in [2.45, 2.75) is 47.5 Å². The second-order valence-electron chi connectivity index (χ2n) is 7.62. The number of carbonyl (C=O) groups is 2. The van der Waals surface area contributed by atoms with Crippen LogP contribution in [0.5, 0.6) is 0 Å². The quantitative estimate of drug-likeness (QED) is 0.163. The van der Waals surface area contributed by atoms with Gasteiger partial charge in [-0.25, -0.2) is 9.59 Å². The highest BCUT2D eigenvalue weighted by atomic mass is 16.5. The molecule has 1 unspecified atom stereocenters. The first-order valence-corrected chi connectivity index (χ1v) is 9.21. The van der Waals surface area contributed by atoms with Crippen molar-refractivity contribution in [1.29, 1.82) is 0 Å². The molecule has 1 aliphatic rings. The lowest BCUT2D eigenvalue weighted by Gasteiger charge is -2.36. The lowest BCUT2D eigenvalue weighted by molar-refractivity contribution is -0.144. The largest absolute Gasteiger partial charge is 0.465 e. The number of hydrogen-bond donors (Lipinski definition) is 0. The highest BCUT2D eigenvalue weighted by Crippen LogP contribution is 2.41. The van der Waals surface area contributed by atoms with Crippen molar-refractivity contribution in [2.75, 3.05) is 14.2 Å². The monoisotopic (exact) mass is 372 g/mol. The molecule has 0 N–H and O–H groups in total. The second-order valence-corrected chi connectivity index (χ2v) is 7.62. The fourth-order valence-corrected chi connectivity index (χ4v) is 3.32. The van der Waals surface area contributed by atoms with Crippen LogP contribution in [0.4, 0.5) is 0 Å². The highest BCUT2D eigenvalue weighted by Gasteiger charge is 2.30. The maximum atomic E-state index is 11.8. The van der Waals surface area contributed by atoms with Crippen LogP contribution in [0.15, 0.2) is 58.7 Å². The van der Waals surface area contributed by atoms with Crippen molar-refractivity contribution < 1.29 is 19.1 Å². The molecule has 4 nitrogen and oxygen atoms in total. The summed E-state index contributed by atoms with van der Waals surface area (Å²) in [6.45, 7) is 10.5. The van der Waals surface area contributed by atoms with E-state index < -0.39 is 11.9 Å². The van der Waals surface area contributed by atoms with Crippen LogP contribution in [0.3, 0.4) is 0 Å². The topological polar surface area (TPSA) is 52.6 Å². The van der Waals surface area contributed by atoms with Crippen molar-refractivity contribution in [3.05, 3.63) is 58.7 Å². The Kier molecular flexibility index (Phi) is 8.48. The molecule has 1 atom stereocenters. The lowest BCUT2D eigenvalue weighted by Crippen LogP contribution is -2.26. The molecule has 0 amide bonds. The number of ether oxygens (including phenoxy) is 2. The number of methoxy groups -OCH3 is 2. The maximum Gasteiger partial charge on any atom is 0.345 e. The van der Waals surface area contributed by atoms with Crippen LogP contribution < -0.4 is 0 Å². The van der Waals surface area contributed by atoms with Gasteiger partial charge < -0.3 is 9.47 Å². The number of esters is 2. The van der Waals surface area contributed by atoms with E-state index in [2.05, 4.69) is 48.5 Å². The van der Waals surface area contributed by atoms with Gasteiger partial charge in [0.05, 0.1) is 14.2 Å². The van der Waals surface area contributed by atoms with Crippen LogP contribution in [-0.2, 0) is 19.1 Å². The third-order valence-electron chi connectivity index (χ3n) is 5.02. The van der Waals surface area contributed by atoms with E-state index in [1.54, 1.807) is 13.0 Å². The van der Waals surface area contributed by atoms with E-state index in [-0.39, 0.29) is 11.0 Å². The fraction of sp³-hybridized carbons (Fsp3) is 0.478. The smallest absolute Gasteiger partial charge is 0.345 e. The summed E-state index contributed by atoms with van der Waals surface area (Å²) in [7, 11) is 2.47. The summed E-state index contributed by atoms with van der Waals surface area (Å²) in [5, 5.41) is 0. The molecule has 0 aromatic rings. The van der Waals surface area contributed by atoms with Crippen LogP contribution in [0.2, 0.25) is 0 Å². The summed E-state index contributed by atoms with van der Waals surface area (Å²) in [6.07, 6.45) is 14.5. The molecule has 0 saturated carbocycles. The van der Waals surface area contributed by atoms with Gasteiger partial charge in [0.1, 0.15) is 5.57 Å². The van der Waals surface area contributed by atoms with Gasteiger partial charge in [0.2, 0.25) is 0 Å². The van der Waals surface area contributed by atoms with Gasteiger partial charge in [-0.3, -0.25) is 0 Å². The Morgan fingerprint density at radius 1 is 1.11 bits per heavy atom. The zero-order chi connectivity index (χ0) is 20.6. The molecule has 0 aromatic carbocycles. The summed E-state index contributed by atoms with van der Waals surface area (Å²) in [5.41, 5.74) is 3.17. The molecule has 1 rings (SSSR count). The molecule has 1 aliphatic carbocycles. The Morgan fingerprint density at radius 2 is 1.70 bits per heavy atom. The fourth-order valence-electron chi connectivity index (χ4n) is 3.32. The van der Waals surface area contributed by atoms with Crippen LogP contribution in [0.25, 0.3) is 0 Å². The van der Waals surface area contributed by atoms with Gasteiger partial charge in [-0.2, -0.15) is 0 Å². The molecule has 0 spiro atoms. The van der Waals surface area contributed by atoms with Crippen LogP contribution in [-0.4, -0.2) is 26.2 Å². The maximum absolute atomic E-state index is 11.8. The molecular weight excluding hydrogens is 340 g/mol. The summed E-state index contributed by atoms with van der Waals surface area (Å²) >= 11 is 0. The Bertz CT molecular complexity index is 697. The molecule has 0 aliphatic heterocycles. The standard InChI is InChI=1S/C23H32O4/c1-16(13-14-19-17(2)12-9-15-23(19,4)5)10-8-11-18(3)20(21(24)26-6)22(25)27-7/h8,10-14,19H,9,15H2,1-7H3/b11-8+,14-13+,16-10+. The average molecular weight is 373 g/mol. The van der Waals surface area contributed by atoms with Gasteiger partial charge in [-0.1, -0.05) is 61.4 Å². The predicted octanol–water partition coefficient (Wildman–Crippen LogP) is 5.09. The van der Waals surface area contributed by atoms with Gasteiger partial charge in [0, 0.05) is 5.92 Å². The first kappa shape index (κ1) is 22.7. The summed E-state index contributed by atoms with van der Waals surface area (Å²) in [6, 6.07) is 0. The lowest BCUT2D eigenvalue weighted by atomic mass is 9.68. The van der Waals surface area contributed by atoms with E-state index in [0.717, 1.165) is 12.0 Å². The van der Waals surface area contributed by atoms with Crippen LogP contribution in [0.1, 0.15) is 47.5 Å². The zero-order valence-electron chi connectivity index (χ0n) is 17.6. The molecule has 0 bridgehead atoms. The van der Waals surface area contributed by atoms with E-state index in [1.165, 1.54) is 26.2 Å². The molecule has 0 heterocycles. The van der Waals surface area contributed by atoms with Gasteiger partial charge in [0.25, 0.3) is 0 Å². The number of hydrogen-bond acceptors (Lipinski definition) is 4. The Hall–Kier alpha value is -2.36. The summed E-state index contributed by atoms with van der Waals surface area (Å²) in [5.74, 6) is -0.969. The SMILES string of the molecule is COC(=O)C(C(=O)OC)=C(C)/C=C/C=C(C)/C=C/C1C(C)=CCCC1(C)C. The first-order valence-electron chi connectivity index (χ1n) is 9.21. The molecule has 0 aromatic heterocycles. The number of allylic oxidation sites excluding steroid dienone is 9. The summed E-state index contributed by atoms with van der Waals surface area (Å²) in [4.78, 5) is 23.5. The molecular formula is C23H32O4. The van der Waals surface area contributed by atoms with Gasteiger partial charge in [-0.05, 0) is 44.6 Å². The molecule has 0 fully saturated rings. The molecule has 0 saturated heterocycles. The molecule has 0 radical (unpaired) electrons. The van der Waals surface area contributed by atoms with Gasteiger partial charge in [0.15, 0.2) is 0 Å². The normalized spacial score (nSPS) is 19.7. The van der Waals surface area contributed by atoms with Crippen molar-refractivity contribution >= 4 is 11.9 Å². The molecule has 148 valence electrons. The second kappa shape index (κ2) is 10.1. The van der Waals surface area contributed by atoms with Crippen molar-refractivity contribution in [3.8, 4) is 0 Å². The minimum absolute atomic E-state index is 0.0948. The summed E-state index contributed by atoms with van der Waals surface area (Å²) < 4.78 is 9.31. The van der Waals surface area contributed by atoms with Gasteiger partial charge >= 0.3 is 11.9 Å². The van der Waals surface area contributed by atoms with E-state index in [1.807, 2.05) is 19.1 Å². The van der Waals surface area contributed by atoms with Crippen molar-refractivity contribution in [3.63, 3.8) is 0 Å². The number of rotatable bonds is 6. The van der Waals surface area contributed by atoms with Gasteiger partial charge in [-0.15, -0.1) is 0 Å². The van der Waals surface area contributed by atoms with Crippen LogP contribution in [0, 0.1) is 11.3 Å². The Balaban J connectivity index is 2.95. The highest BCUT2D eigenvalue weighted by molar-refractivity contribution is 6.15. The van der Waals surface area contributed by atoms with E-state index in [9.17, 15) is 9.59 Å². The average Bonchev–Trinajstić information content (AvgIpc) is 2.60. The number of carbonyl (C=O) groups excluding carboxylic acids is 2. The van der Waals surface area contributed by atoms with E-state index in [4.69, 9.17) is 0 Å². The van der Waals surface area contributed by atoms with Crippen molar-refractivity contribution in [2.24, 2.45) is 11.3 Å². The Labute approximate surface area is 163 Å². The Morgan fingerprint density at radius 3 is 2.22 bits per heavy atom. The predicted molar refractivity (Wildman–Crippen MR) is 109 cm³/mol. The van der Waals surface area contributed by atoms with E-state index >= 15 is 0 Å². The molecule has 27 heavy (non-hydrogen) atoms. The minimum atomic E-state index is -0.702. The third kappa shape index (κ3) is 6.38.